The minimum Gasteiger partial charge on any atom is -0.444 e. The van der Waals surface area contributed by atoms with E-state index in [0.717, 1.165) is 5.56 Å². The quantitative estimate of drug-likeness (QED) is 0.380. The van der Waals surface area contributed by atoms with Crippen LogP contribution in [0.1, 0.15) is 70.2 Å². The van der Waals surface area contributed by atoms with Crippen LogP contribution in [0.25, 0.3) is 0 Å². The van der Waals surface area contributed by atoms with E-state index in [4.69, 9.17) is 16.9 Å². The zero-order chi connectivity index (χ0) is 29.2. The van der Waals surface area contributed by atoms with Crippen molar-refractivity contribution in [2.75, 3.05) is 0 Å². The summed E-state index contributed by atoms with van der Waals surface area (Å²) in [5.74, 6) is 0.941. The standard InChI is InChI=1S/C30H38N4O5/c1-7-21-13-15-23(16-14-21)26(27(36)32-19-22-11-9-8-10-12-22)34(20(2)3)28(37)24(17-18-25(31)35)33-29(38)39-30(4,5)6/h1,8-16,20,24,26H,17-19H2,2-6H3,(H2,31,35)(H,32,36)(H,33,38). The summed E-state index contributed by atoms with van der Waals surface area (Å²) < 4.78 is 5.34. The lowest BCUT2D eigenvalue weighted by atomic mass is 9.99. The summed E-state index contributed by atoms with van der Waals surface area (Å²) in [5.41, 5.74) is 6.58. The lowest BCUT2D eigenvalue weighted by molar-refractivity contribution is -0.144. The van der Waals surface area contributed by atoms with Crippen LogP contribution in [0.5, 0.6) is 0 Å². The number of ether oxygens (including phenoxy) is 1. The van der Waals surface area contributed by atoms with E-state index in [1.54, 1.807) is 58.9 Å². The van der Waals surface area contributed by atoms with Crippen LogP contribution < -0.4 is 16.4 Å². The molecule has 0 spiro atoms. The van der Waals surface area contributed by atoms with Gasteiger partial charge < -0.3 is 26.0 Å². The Morgan fingerprint density at radius 1 is 1.03 bits per heavy atom. The fraction of sp³-hybridized carbons (Fsp3) is 0.400. The van der Waals surface area contributed by atoms with Gasteiger partial charge in [0.25, 0.3) is 0 Å². The molecule has 0 bridgehead atoms. The molecule has 9 nitrogen and oxygen atoms in total. The second-order valence-corrected chi connectivity index (χ2v) is 10.4. The molecule has 0 aliphatic rings. The van der Waals surface area contributed by atoms with Gasteiger partial charge in [-0.3, -0.25) is 14.4 Å². The number of hydrogen-bond acceptors (Lipinski definition) is 5. The van der Waals surface area contributed by atoms with Gasteiger partial charge in [-0.25, -0.2) is 4.79 Å². The van der Waals surface area contributed by atoms with Gasteiger partial charge in [0.15, 0.2) is 0 Å². The first-order valence-electron chi connectivity index (χ1n) is 12.8. The third kappa shape index (κ3) is 9.82. The SMILES string of the molecule is C#Cc1ccc(C(C(=O)NCc2ccccc2)N(C(=O)C(CCC(N)=O)NC(=O)OC(C)(C)C)C(C)C)cc1. The fourth-order valence-electron chi connectivity index (χ4n) is 3.94. The van der Waals surface area contributed by atoms with Gasteiger partial charge >= 0.3 is 6.09 Å². The number of nitrogens with zero attached hydrogens (tertiary/aromatic N) is 1. The molecule has 0 saturated heterocycles. The summed E-state index contributed by atoms with van der Waals surface area (Å²) in [6.45, 7) is 8.87. The largest absolute Gasteiger partial charge is 0.444 e. The van der Waals surface area contributed by atoms with Crippen molar-refractivity contribution in [1.82, 2.24) is 15.5 Å². The first kappa shape index (κ1) is 30.9. The van der Waals surface area contributed by atoms with Crippen LogP contribution in [0, 0.1) is 12.3 Å². The van der Waals surface area contributed by atoms with E-state index < -0.39 is 47.5 Å². The predicted octanol–water partition coefficient (Wildman–Crippen LogP) is 3.42. The number of carbonyl (C=O) groups excluding carboxylic acids is 4. The maximum absolute atomic E-state index is 14.0. The molecule has 0 radical (unpaired) electrons. The molecule has 0 aromatic heterocycles. The molecule has 2 rings (SSSR count). The van der Waals surface area contributed by atoms with Crippen molar-refractivity contribution in [3.05, 3.63) is 71.3 Å². The Kier molecular flexibility index (Phi) is 11.1. The van der Waals surface area contributed by atoms with Crippen LogP contribution in [0.3, 0.4) is 0 Å². The normalized spacial score (nSPS) is 12.5. The molecule has 2 unspecified atom stereocenters. The van der Waals surface area contributed by atoms with E-state index in [1.165, 1.54) is 4.90 Å². The Morgan fingerprint density at radius 3 is 2.15 bits per heavy atom. The minimum atomic E-state index is -1.16. The lowest BCUT2D eigenvalue weighted by Gasteiger charge is -2.37. The summed E-state index contributed by atoms with van der Waals surface area (Å²) in [7, 11) is 0. The van der Waals surface area contributed by atoms with Crippen LogP contribution in [0.15, 0.2) is 54.6 Å². The number of rotatable bonds is 11. The second-order valence-electron chi connectivity index (χ2n) is 10.4. The van der Waals surface area contributed by atoms with E-state index in [0.29, 0.717) is 11.1 Å². The monoisotopic (exact) mass is 534 g/mol. The zero-order valence-corrected chi connectivity index (χ0v) is 23.2. The van der Waals surface area contributed by atoms with Gasteiger partial charge in [-0.15, -0.1) is 6.42 Å². The number of primary amides is 1. The number of alkyl carbamates (subject to hydrolysis) is 1. The van der Waals surface area contributed by atoms with Crippen LogP contribution in [0.2, 0.25) is 0 Å². The van der Waals surface area contributed by atoms with E-state index in [9.17, 15) is 19.2 Å². The maximum atomic E-state index is 14.0. The van der Waals surface area contributed by atoms with Gasteiger partial charge in [0.05, 0.1) is 0 Å². The second kappa shape index (κ2) is 14.0. The lowest BCUT2D eigenvalue weighted by Crippen LogP contribution is -2.55. The average molecular weight is 535 g/mol. The highest BCUT2D eigenvalue weighted by atomic mass is 16.6. The number of carbonyl (C=O) groups is 4. The van der Waals surface area contributed by atoms with E-state index >= 15 is 0 Å². The van der Waals surface area contributed by atoms with Gasteiger partial charge in [-0.05, 0) is 64.3 Å². The van der Waals surface area contributed by atoms with Crippen molar-refractivity contribution in [3.63, 3.8) is 0 Å². The smallest absolute Gasteiger partial charge is 0.408 e. The summed E-state index contributed by atoms with van der Waals surface area (Å²) in [6, 6.07) is 13.5. The number of terminal acetylenes is 1. The van der Waals surface area contributed by atoms with Crippen molar-refractivity contribution in [3.8, 4) is 12.3 Å². The molecule has 9 heteroatoms. The Bertz CT molecular complexity index is 1180. The summed E-state index contributed by atoms with van der Waals surface area (Å²) in [5, 5.41) is 5.49. The van der Waals surface area contributed by atoms with Crippen molar-refractivity contribution in [2.45, 2.75) is 77.7 Å². The van der Waals surface area contributed by atoms with Crippen LogP contribution in [0.4, 0.5) is 4.79 Å². The molecule has 0 fully saturated rings. The molecule has 39 heavy (non-hydrogen) atoms. The molecule has 0 heterocycles. The Balaban J connectivity index is 2.47. The Hall–Kier alpha value is -4.32. The first-order chi connectivity index (χ1) is 18.3. The number of nitrogens with two attached hydrogens (primary N) is 1. The molecule has 0 aliphatic carbocycles. The fourth-order valence-corrected chi connectivity index (χ4v) is 3.94. The van der Waals surface area contributed by atoms with E-state index in [1.807, 2.05) is 30.3 Å². The van der Waals surface area contributed by atoms with Crippen molar-refractivity contribution in [1.29, 1.82) is 0 Å². The average Bonchev–Trinajstić information content (AvgIpc) is 2.87. The van der Waals surface area contributed by atoms with Crippen molar-refractivity contribution >= 4 is 23.8 Å². The highest BCUT2D eigenvalue weighted by molar-refractivity contribution is 5.92. The van der Waals surface area contributed by atoms with Gasteiger partial charge in [-0.2, -0.15) is 0 Å². The summed E-state index contributed by atoms with van der Waals surface area (Å²) in [4.78, 5) is 53.2. The van der Waals surface area contributed by atoms with Crippen LogP contribution in [-0.4, -0.2) is 46.4 Å². The van der Waals surface area contributed by atoms with Gasteiger partial charge in [-0.1, -0.05) is 48.4 Å². The molecular formula is C30H38N4O5. The first-order valence-corrected chi connectivity index (χ1v) is 12.8. The zero-order valence-electron chi connectivity index (χ0n) is 23.2. The predicted molar refractivity (Wildman–Crippen MR) is 149 cm³/mol. The number of hydrogen-bond donors (Lipinski definition) is 3. The molecule has 2 aromatic rings. The molecule has 0 saturated carbocycles. The topological polar surface area (TPSA) is 131 Å². The van der Waals surface area contributed by atoms with Crippen LogP contribution >= 0.6 is 0 Å². The number of nitrogens with one attached hydrogen (secondary N) is 2. The third-order valence-corrected chi connectivity index (χ3v) is 5.71. The molecule has 4 N–H and O–H groups in total. The highest BCUT2D eigenvalue weighted by Gasteiger charge is 2.37. The maximum Gasteiger partial charge on any atom is 0.408 e. The molecular weight excluding hydrogens is 496 g/mol. The summed E-state index contributed by atoms with van der Waals surface area (Å²) in [6.07, 6.45) is 4.47. The Labute approximate surface area is 230 Å². The molecule has 2 atom stereocenters. The molecule has 2 aromatic carbocycles. The molecule has 4 amide bonds. The third-order valence-electron chi connectivity index (χ3n) is 5.71. The van der Waals surface area contributed by atoms with E-state index in [2.05, 4.69) is 16.6 Å². The van der Waals surface area contributed by atoms with Gasteiger partial charge in [0.2, 0.25) is 17.7 Å². The van der Waals surface area contributed by atoms with Gasteiger partial charge in [0.1, 0.15) is 17.7 Å². The number of benzene rings is 2. The Morgan fingerprint density at radius 2 is 1.64 bits per heavy atom. The minimum absolute atomic E-state index is 0.0645. The summed E-state index contributed by atoms with van der Waals surface area (Å²) >= 11 is 0. The molecule has 0 aliphatic heterocycles. The van der Waals surface area contributed by atoms with Crippen LogP contribution in [-0.2, 0) is 25.7 Å². The number of amides is 4. The highest BCUT2D eigenvalue weighted by Crippen LogP contribution is 2.26. The van der Waals surface area contributed by atoms with Crippen molar-refractivity contribution < 1.29 is 23.9 Å². The van der Waals surface area contributed by atoms with Crippen molar-refractivity contribution in [2.24, 2.45) is 5.73 Å². The van der Waals surface area contributed by atoms with Gasteiger partial charge in [0, 0.05) is 24.6 Å². The van der Waals surface area contributed by atoms with E-state index in [-0.39, 0.29) is 19.4 Å². The molecule has 208 valence electrons.